The van der Waals surface area contributed by atoms with Crippen LogP contribution in [0.3, 0.4) is 0 Å². The van der Waals surface area contributed by atoms with Gasteiger partial charge in [0.2, 0.25) is 0 Å². The van der Waals surface area contributed by atoms with Gasteiger partial charge in [0.1, 0.15) is 12.7 Å². The molecule has 0 aliphatic rings. The Balaban J connectivity index is 4.15. The maximum atomic E-state index is 10.8. The van der Waals surface area contributed by atoms with E-state index in [2.05, 4.69) is 12.0 Å². The van der Waals surface area contributed by atoms with E-state index in [0.717, 1.165) is 12.8 Å². The number of rotatable bonds is 7. The minimum atomic E-state index is -4.28. The molecule has 0 radical (unpaired) electrons. The molecule has 0 aliphatic heterocycles. The Morgan fingerprint density at radius 2 is 2.06 bits per heavy atom. The monoisotopic (exact) mass is 250 g/mol. The molecule has 0 rings (SSSR count). The first-order valence-corrected chi connectivity index (χ1v) is 6.70. The van der Waals surface area contributed by atoms with Gasteiger partial charge in [-0.2, -0.15) is 8.42 Å². The molecule has 1 atom stereocenters. The smallest absolute Gasteiger partial charge is 0.306 e. The van der Waals surface area contributed by atoms with Crippen molar-refractivity contribution in [3.63, 3.8) is 0 Å². The van der Waals surface area contributed by atoms with Crippen LogP contribution in [-0.4, -0.2) is 31.6 Å². The van der Waals surface area contributed by atoms with Gasteiger partial charge in [0, 0.05) is 13.0 Å². The predicted octanol–water partition coefficient (Wildman–Crippen LogP) is 1.40. The molecule has 0 aromatic rings. The molecule has 0 amide bonds. The van der Waals surface area contributed by atoms with E-state index >= 15 is 0 Å². The summed E-state index contributed by atoms with van der Waals surface area (Å²) in [4.78, 5) is 0. The fourth-order valence-electron chi connectivity index (χ4n) is 0.818. The van der Waals surface area contributed by atoms with Crippen molar-refractivity contribution in [1.82, 2.24) is 0 Å². The van der Waals surface area contributed by atoms with Crippen LogP contribution in [0.15, 0.2) is 0 Å². The summed E-state index contributed by atoms with van der Waals surface area (Å²) in [7, 11) is -4.28. The summed E-state index contributed by atoms with van der Waals surface area (Å²) >= 11 is 0. The highest BCUT2D eigenvalue weighted by Gasteiger charge is 2.24. The van der Waals surface area contributed by atoms with E-state index in [1.165, 1.54) is 0 Å². The van der Waals surface area contributed by atoms with Gasteiger partial charge in [-0.25, -0.2) is 0 Å². The summed E-state index contributed by atoms with van der Waals surface area (Å²) < 4.78 is 40.1. The first-order chi connectivity index (χ1) is 7.52. The quantitative estimate of drug-likeness (QED) is 0.420. The van der Waals surface area contributed by atoms with Crippen LogP contribution in [0.5, 0.6) is 0 Å². The van der Waals surface area contributed by atoms with Crippen LogP contribution >= 0.6 is 0 Å². The second kappa shape index (κ2) is 8.39. The molecule has 0 heterocycles. The molecule has 1 unspecified atom stereocenters. The predicted molar refractivity (Wildman–Crippen MR) is 60.2 cm³/mol. The van der Waals surface area contributed by atoms with Crippen molar-refractivity contribution in [1.29, 1.82) is 0 Å². The van der Waals surface area contributed by atoms with E-state index in [4.69, 9.17) is 14.0 Å². The van der Waals surface area contributed by atoms with Crippen LogP contribution in [0.25, 0.3) is 0 Å². The third-order valence-electron chi connectivity index (χ3n) is 1.71. The molecule has 16 heavy (non-hydrogen) atoms. The van der Waals surface area contributed by atoms with Crippen molar-refractivity contribution in [3.8, 4) is 12.0 Å². The Morgan fingerprint density at radius 3 is 2.56 bits per heavy atom. The topological polar surface area (TPSA) is 72.8 Å². The van der Waals surface area contributed by atoms with E-state index in [0.29, 0.717) is 13.0 Å². The SMILES string of the molecule is CCCCC#COC(COCC)S(=O)(=O)O. The van der Waals surface area contributed by atoms with E-state index in [1.54, 1.807) is 6.92 Å². The van der Waals surface area contributed by atoms with Crippen molar-refractivity contribution in [3.05, 3.63) is 0 Å². The maximum absolute atomic E-state index is 10.8. The largest absolute Gasteiger partial charge is 0.422 e. The zero-order valence-corrected chi connectivity index (χ0v) is 10.4. The van der Waals surface area contributed by atoms with E-state index in [1.807, 2.05) is 6.92 Å². The van der Waals surface area contributed by atoms with Gasteiger partial charge >= 0.3 is 10.1 Å². The normalized spacial score (nSPS) is 12.7. The summed E-state index contributed by atoms with van der Waals surface area (Å²) in [6, 6.07) is 0. The van der Waals surface area contributed by atoms with Crippen molar-refractivity contribution in [2.45, 2.75) is 38.5 Å². The molecule has 0 spiro atoms. The van der Waals surface area contributed by atoms with Gasteiger partial charge in [0.15, 0.2) is 0 Å². The summed E-state index contributed by atoms with van der Waals surface area (Å²) in [5.74, 6) is 2.66. The van der Waals surface area contributed by atoms with Crippen LogP contribution < -0.4 is 0 Å². The van der Waals surface area contributed by atoms with Crippen LogP contribution in [0.4, 0.5) is 0 Å². The molecule has 0 saturated heterocycles. The molecular formula is C10H18O5S. The lowest BCUT2D eigenvalue weighted by Crippen LogP contribution is -2.27. The average molecular weight is 250 g/mol. The van der Waals surface area contributed by atoms with Crippen LogP contribution in [-0.2, 0) is 19.6 Å². The zero-order valence-electron chi connectivity index (χ0n) is 9.60. The molecular weight excluding hydrogens is 232 g/mol. The fourth-order valence-corrected chi connectivity index (χ4v) is 1.26. The van der Waals surface area contributed by atoms with Gasteiger partial charge in [-0.3, -0.25) is 4.55 Å². The summed E-state index contributed by atoms with van der Waals surface area (Å²) in [6.45, 7) is 3.86. The lowest BCUT2D eigenvalue weighted by atomic mass is 10.3. The molecule has 0 fully saturated rings. The number of unbranched alkanes of at least 4 members (excludes halogenated alkanes) is 2. The molecule has 0 aromatic carbocycles. The highest BCUT2D eigenvalue weighted by atomic mass is 32.2. The number of hydrogen-bond donors (Lipinski definition) is 1. The Hall–Kier alpha value is -0.770. The van der Waals surface area contributed by atoms with Gasteiger partial charge in [0.05, 0.1) is 0 Å². The van der Waals surface area contributed by atoms with Crippen LogP contribution in [0.2, 0.25) is 0 Å². The Kier molecular flexibility index (Phi) is 7.99. The van der Waals surface area contributed by atoms with Crippen molar-refractivity contribution in [2.24, 2.45) is 0 Å². The van der Waals surface area contributed by atoms with Gasteiger partial charge in [-0.05, 0) is 13.3 Å². The standard InChI is InChI=1S/C10H18O5S/c1-3-5-6-7-8-15-10(9-14-4-2)16(11,12)13/h10H,3-6,9H2,1-2H3,(H,11,12,13). The molecule has 0 bridgehead atoms. The number of hydrogen-bond acceptors (Lipinski definition) is 4. The van der Waals surface area contributed by atoms with E-state index in [9.17, 15) is 8.42 Å². The summed E-state index contributed by atoms with van der Waals surface area (Å²) in [6.07, 6.45) is 4.85. The fraction of sp³-hybridized carbons (Fsp3) is 0.800. The summed E-state index contributed by atoms with van der Waals surface area (Å²) in [5.41, 5.74) is -1.43. The first-order valence-electron chi connectivity index (χ1n) is 5.19. The first kappa shape index (κ1) is 15.2. The molecule has 94 valence electrons. The molecule has 0 saturated carbocycles. The minimum absolute atomic E-state index is 0.224. The maximum Gasteiger partial charge on any atom is 0.306 e. The Bertz CT molecular complexity index is 325. The lowest BCUT2D eigenvalue weighted by molar-refractivity contribution is 0.0755. The third kappa shape index (κ3) is 7.51. The lowest BCUT2D eigenvalue weighted by Gasteiger charge is -2.10. The molecule has 0 aromatic heterocycles. The number of ether oxygens (including phenoxy) is 2. The highest BCUT2D eigenvalue weighted by molar-refractivity contribution is 7.86. The molecule has 0 aliphatic carbocycles. The van der Waals surface area contributed by atoms with Crippen LogP contribution in [0, 0.1) is 12.0 Å². The van der Waals surface area contributed by atoms with Crippen molar-refractivity contribution in [2.75, 3.05) is 13.2 Å². The third-order valence-corrected chi connectivity index (χ3v) is 2.60. The van der Waals surface area contributed by atoms with Gasteiger partial charge in [0.25, 0.3) is 5.44 Å². The second-order valence-electron chi connectivity index (χ2n) is 3.10. The van der Waals surface area contributed by atoms with Gasteiger partial charge < -0.3 is 9.47 Å². The Labute approximate surface area is 96.9 Å². The molecule has 6 heteroatoms. The van der Waals surface area contributed by atoms with Gasteiger partial charge in [-0.15, -0.1) is 0 Å². The molecule has 5 nitrogen and oxygen atoms in total. The van der Waals surface area contributed by atoms with E-state index in [-0.39, 0.29) is 6.61 Å². The second-order valence-corrected chi connectivity index (χ2v) is 4.66. The molecule has 1 N–H and O–H groups in total. The van der Waals surface area contributed by atoms with Crippen LogP contribution in [0.1, 0.15) is 33.1 Å². The average Bonchev–Trinajstić information content (AvgIpc) is 2.20. The Morgan fingerprint density at radius 1 is 1.38 bits per heavy atom. The summed E-state index contributed by atoms with van der Waals surface area (Å²) in [5, 5.41) is 0. The highest BCUT2D eigenvalue weighted by Crippen LogP contribution is 2.01. The zero-order chi connectivity index (χ0) is 12.4. The van der Waals surface area contributed by atoms with Crippen molar-refractivity contribution < 1.29 is 22.4 Å². The van der Waals surface area contributed by atoms with Gasteiger partial charge in [-0.1, -0.05) is 19.3 Å². The van der Waals surface area contributed by atoms with E-state index < -0.39 is 15.6 Å². The minimum Gasteiger partial charge on any atom is -0.422 e. The van der Waals surface area contributed by atoms with Crippen molar-refractivity contribution >= 4 is 10.1 Å².